The number of carbonyl (C=O) groups excluding carboxylic acids is 1. The van der Waals surface area contributed by atoms with Crippen LogP contribution in [0.2, 0.25) is 0 Å². The van der Waals surface area contributed by atoms with Gasteiger partial charge in [-0.25, -0.2) is 0 Å². The average Bonchev–Trinajstić information content (AvgIpc) is 2.67. The van der Waals surface area contributed by atoms with Crippen molar-refractivity contribution in [3.8, 4) is 0 Å². The maximum absolute atomic E-state index is 12.6. The molecule has 0 bridgehead atoms. The Morgan fingerprint density at radius 2 is 1.48 bits per heavy atom. The minimum Gasteiger partial charge on any atom is -0.355 e. The number of nitrogens with one attached hydrogen (secondary N) is 1. The summed E-state index contributed by atoms with van der Waals surface area (Å²) in [5.41, 5.74) is 5.32. The average molecular weight is 367 g/mol. The summed E-state index contributed by atoms with van der Waals surface area (Å²) < 4.78 is 0. The first-order chi connectivity index (χ1) is 13.0. The van der Waals surface area contributed by atoms with E-state index < -0.39 is 0 Å². The molecular weight excluding hydrogens is 332 g/mol. The van der Waals surface area contributed by atoms with Crippen LogP contribution in [0, 0.1) is 13.8 Å². The summed E-state index contributed by atoms with van der Waals surface area (Å²) in [4.78, 5) is 14.4. The molecule has 0 saturated carbocycles. The van der Waals surface area contributed by atoms with Crippen molar-refractivity contribution < 1.29 is 4.79 Å². The minimum absolute atomic E-state index is 0.0992. The predicted octanol–water partition coefficient (Wildman–Crippen LogP) is 6.48. The predicted molar refractivity (Wildman–Crippen MR) is 116 cm³/mol. The van der Waals surface area contributed by atoms with Crippen LogP contribution >= 0.6 is 0 Å². The van der Waals surface area contributed by atoms with E-state index in [0.717, 1.165) is 29.9 Å². The molecule has 2 rings (SSSR count). The maximum Gasteiger partial charge on any atom is 0.253 e. The van der Waals surface area contributed by atoms with Gasteiger partial charge in [0.15, 0.2) is 0 Å². The Labute approximate surface area is 164 Å². The highest BCUT2D eigenvalue weighted by molar-refractivity contribution is 5.94. The van der Waals surface area contributed by atoms with Crippen LogP contribution in [-0.4, -0.2) is 24.4 Å². The Morgan fingerprint density at radius 1 is 0.889 bits per heavy atom. The Morgan fingerprint density at radius 3 is 2.11 bits per heavy atom. The largest absolute Gasteiger partial charge is 0.355 e. The lowest BCUT2D eigenvalue weighted by atomic mass is 10.1. The number of benzene rings is 2. The lowest BCUT2D eigenvalue weighted by Gasteiger charge is -2.18. The molecule has 0 unspecified atom stereocenters. The molecule has 0 spiro atoms. The van der Waals surface area contributed by atoms with E-state index in [1.54, 1.807) is 0 Å². The summed E-state index contributed by atoms with van der Waals surface area (Å²) in [6, 6.07) is 14.1. The van der Waals surface area contributed by atoms with Crippen molar-refractivity contribution in [2.75, 3.05) is 18.9 Å². The van der Waals surface area contributed by atoms with Crippen LogP contribution < -0.4 is 5.32 Å². The molecule has 0 radical (unpaired) electrons. The zero-order chi connectivity index (χ0) is 19.6. The van der Waals surface area contributed by atoms with Gasteiger partial charge in [-0.15, -0.1) is 0 Å². The molecule has 0 aliphatic carbocycles. The van der Waals surface area contributed by atoms with Gasteiger partial charge in [0.1, 0.15) is 0 Å². The fraction of sp³-hybridized carbons (Fsp3) is 0.458. The van der Waals surface area contributed by atoms with Gasteiger partial charge in [-0.05, 0) is 55.7 Å². The minimum atomic E-state index is 0.0992. The summed E-state index contributed by atoms with van der Waals surface area (Å²) in [6.07, 6.45) is 7.45. The zero-order valence-electron chi connectivity index (χ0n) is 17.3. The number of nitrogens with zero attached hydrogens (tertiary/aromatic N) is 1. The summed E-state index contributed by atoms with van der Waals surface area (Å²) in [5.74, 6) is 0.0992. The van der Waals surface area contributed by atoms with E-state index >= 15 is 0 Å². The van der Waals surface area contributed by atoms with E-state index in [9.17, 15) is 4.79 Å². The van der Waals surface area contributed by atoms with Gasteiger partial charge in [0.05, 0.1) is 0 Å². The monoisotopic (exact) mass is 366 g/mol. The number of amides is 1. The van der Waals surface area contributed by atoms with Crippen molar-refractivity contribution in [3.63, 3.8) is 0 Å². The molecule has 0 aliphatic heterocycles. The Hall–Kier alpha value is -2.29. The van der Waals surface area contributed by atoms with Gasteiger partial charge in [0.2, 0.25) is 0 Å². The summed E-state index contributed by atoms with van der Waals surface area (Å²) in [5, 5.41) is 3.47. The first kappa shape index (κ1) is 21.0. The molecule has 0 aliphatic rings. The first-order valence-electron chi connectivity index (χ1n) is 10.2. The molecule has 0 heterocycles. The van der Waals surface area contributed by atoms with E-state index in [0.29, 0.717) is 0 Å². The first-order valence-corrected chi connectivity index (χ1v) is 10.2. The molecule has 0 aromatic heterocycles. The molecule has 2 aromatic carbocycles. The van der Waals surface area contributed by atoms with Crippen LogP contribution in [-0.2, 0) is 0 Å². The number of unbranched alkanes of at least 4 members (excludes halogenated alkanes) is 5. The van der Waals surface area contributed by atoms with E-state index in [1.165, 1.54) is 43.2 Å². The van der Waals surface area contributed by atoms with Gasteiger partial charge in [-0.3, -0.25) is 4.79 Å². The lowest BCUT2D eigenvalue weighted by molar-refractivity contribution is 0.0792. The summed E-state index contributed by atoms with van der Waals surface area (Å²) >= 11 is 0. The highest BCUT2D eigenvalue weighted by Gasteiger charge is 2.11. The Balaban J connectivity index is 1.87. The highest BCUT2D eigenvalue weighted by Crippen LogP contribution is 2.24. The summed E-state index contributed by atoms with van der Waals surface area (Å²) in [6.45, 7) is 7.26. The second-order valence-electron chi connectivity index (χ2n) is 7.46. The standard InChI is InChI=1S/C24H34N2O/c1-5-6-7-8-9-10-18-26(4)24(27)21-14-16-22(17-15-21)25-23-19(2)12-11-13-20(23)3/h11-17,25H,5-10,18H2,1-4H3. The van der Waals surface area contributed by atoms with Gasteiger partial charge >= 0.3 is 0 Å². The van der Waals surface area contributed by atoms with Crippen LogP contribution in [0.3, 0.4) is 0 Å². The van der Waals surface area contributed by atoms with Gasteiger partial charge < -0.3 is 10.2 Å². The van der Waals surface area contributed by atoms with E-state index in [-0.39, 0.29) is 5.91 Å². The SMILES string of the molecule is CCCCCCCCN(C)C(=O)c1ccc(Nc2c(C)cccc2C)cc1. The molecule has 0 saturated heterocycles. The number of para-hydroxylation sites is 1. The van der Waals surface area contributed by atoms with Crippen LogP contribution in [0.4, 0.5) is 11.4 Å². The van der Waals surface area contributed by atoms with E-state index in [4.69, 9.17) is 0 Å². The second kappa shape index (κ2) is 10.8. The number of hydrogen-bond donors (Lipinski definition) is 1. The van der Waals surface area contributed by atoms with Crippen LogP contribution in [0.25, 0.3) is 0 Å². The third-order valence-electron chi connectivity index (χ3n) is 5.08. The third-order valence-corrected chi connectivity index (χ3v) is 5.08. The molecule has 0 atom stereocenters. The van der Waals surface area contributed by atoms with Crippen LogP contribution in [0.15, 0.2) is 42.5 Å². The van der Waals surface area contributed by atoms with Crippen molar-refractivity contribution in [2.45, 2.75) is 59.3 Å². The fourth-order valence-corrected chi connectivity index (χ4v) is 3.30. The van der Waals surface area contributed by atoms with Crippen molar-refractivity contribution in [2.24, 2.45) is 0 Å². The molecule has 0 fully saturated rings. The molecule has 3 nitrogen and oxygen atoms in total. The number of rotatable bonds is 10. The van der Waals surface area contributed by atoms with Crippen LogP contribution in [0.5, 0.6) is 0 Å². The van der Waals surface area contributed by atoms with Crippen molar-refractivity contribution in [1.82, 2.24) is 4.90 Å². The molecule has 1 N–H and O–H groups in total. The van der Waals surface area contributed by atoms with E-state index in [1.807, 2.05) is 36.2 Å². The zero-order valence-corrected chi connectivity index (χ0v) is 17.3. The molecule has 1 amide bonds. The van der Waals surface area contributed by atoms with Gasteiger partial charge in [-0.1, -0.05) is 57.2 Å². The number of anilines is 2. The van der Waals surface area contributed by atoms with Gasteiger partial charge in [0, 0.05) is 30.5 Å². The maximum atomic E-state index is 12.6. The lowest BCUT2D eigenvalue weighted by Crippen LogP contribution is -2.27. The van der Waals surface area contributed by atoms with Crippen molar-refractivity contribution >= 4 is 17.3 Å². The molecule has 27 heavy (non-hydrogen) atoms. The molecule has 2 aromatic rings. The molecule has 3 heteroatoms. The van der Waals surface area contributed by atoms with E-state index in [2.05, 4.69) is 44.3 Å². The normalized spacial score (nSPS) is 10.7. The number of carbonyl (C=O) groups is 1. The van der Waals surface area contributed by atoms with Crippen molar-refractivity contribution in [1.29, 1.82) is 0 Å². The molecular formula is C24H34N2O. The highest BCUT2D eigenvalue weighted by atomic mass is 16.2. The quantitative estimate of drug-likeness (QED) is 0.488. The third kappa shape index (κ3) is 6.42. The van der Waals surface area contributed by atoms with Crippen molar-refractivity contribution in [3.05, 3.63) is 59.2 Å². The second-order valence-corrected chi connectivity index (χ2v) is 7.46. The number of aryl methyl sites for hydroxylation is 2. The Bertz CT molecular complexity index is 701. The number of hydrogen-bond acceptors (Lipinski definition) is 2. The summed E-state index contributed by atoms with van der Waals surface area (Å²) in [7, 11) is 1.90. The van der Waals surface area contributed by atoms with Crippen LogP contribution in [0.1, 0.15) is 66.9 Å². The van der Waals surface area contributed by atoms with Gasteiger partial charge in [-0.2, -0.15) is 0 Å². The smallest absolute Gasteiger partial charge is 0.253 e. The fourth-order valence-electron chi connectivity index (χ4n) is 3.30. The topological polar surface area (TPSA) is 32.3 Å². The van der Waals surface area contributed by atoms with Gasteiger partial charge in [0.25, 0.3) is 5.91 Å². The molecule has 146 valence electrons. The Kier molecular flexibility index (Phi) is 8.38.